The average molecular weight is 208 g/mol. The van der Waals surface area contributed by atoms with Crippen LogP contribution in [0.25, 0.3) is 11.5 Å². The number of nitrogens with one attached hydrogen (secondary N) is 1. The van der Waals surface area contributed by atoms with Crippen LogP contribution in [-0.4, -0.2) is 11.0 Å². The van der Waals surface area contributed by atoms with Gasteiger partial charge in [-0.05, 0) is 26.0 Å². The van der Waals surface area contributed by atoms with Crippen LogP contribution in [0.3, 0.4) is 0 Å². The molecule has 2 aromatic heterocycles. The van der Waals surface area contributed by atoms with Gasteiger partial charge in [0.2, 0.25) is 0 Å². The molecule has 2 rings (SSSR count). The van der Waals surface area contributed by atoms with Crippen LogP contribution in [-0.2, 0) is 0 Å². The molecule has 0 bridgehead atoms. The van der Waals surface area contributed by atoms with Crippen molar-refractivity contribution in [2.45, 2.75) is 19.9 Å². The number of furan rings is 1. The summed E-state index contributed by atoms with van der Waals surface area (Å²) in [7, 11) is 0. The number of aromatic nitrogens is 1. The summed E-state index contributed by atoms with van der Waals surface area (Å²) in [5, 5.41) is 6.18. The quantitative estimate of drug-likeness (QED) is 0.841. The average Bonchev–Trinajstić information content (AvgIpc) is 2.69. The van der Waals surface area contributed by atoms with Gasteiger partial charge < -0.3 is 9.73 Å². The number of thiazole rings is 1. The molecule has 14 heavy (non-hydrogen) atoms. The van der Waals surface area contributed by atoms with Crippen LogP contribution in [0.4, 0.5) is 5.13 Å². The van der Waals surface area contributed by atoms with E-state index in [0.29, 0.717) is 6.04 Å². The summed E-state index contributed by atoms with van der Waals surface area (Å²) >= 11 is 1.59. The van der Waals surface area contributed by atoms with Gasteiger partial charge in [0.05, 0.1) is 6.26 Å². The molecular weight excluding hydrogens is 196 g/mol. The second-order valence-electron chi connectivity index (χ2n) is 3.31. The van der Waals surface area contributed by atoms with Crippen molar-refractivity contribution < 1.29 is 4.42 Å². The lowest BCUT2D eigenvalue weighted by atomic mass is 10.4. The van der Waals surface area contributed by atoms with Crippen LogP contribution in [0, 0.1) is 0 Å². The Morgan fingerprint density at radius 2 is 2.36 bits per heavy atom. The zero-order valence-electron chi connectivity index (χ0n) is 8.15. The third kappa shape index (κ3) is 1.96. The highest BCUT2D eigenvalue weighted by molar-refractivity contribution is 7.14. The zero-order valence-corrected chi connectivity index (χ0v) is 8.97. The van der Waals surface area contributed by atoms with Gasteiger partial charge in [-0.15, -0.1) is 11.3 Å². The maximum atomic E-state index is 5.25. The molecule has 0 aliphatic heterocycles. The van der Waals surface area contributed by atoms with Crippen LogP contribution in [0.2, 0.25) is 0 Å². The maximum Gasteiger partial charge on any atom is 0.183 e. The minimum absolute atomic E-state index is 0.408. The zero-order chi connectivity index (χ0) is 9.97. The van der Waals surface area contributed by atoms with E-state index in [-0.39, 0.29) is 0 Å². The molecule has 0 aromatic carbocycles. The molecule has 0 saturated carbocycles. The van der Waals surface area contributed by atoms with E-state index < -0.39 is 0 Å². The van der Waals surface area contributed by atoms with Crippen LogP contribution < -0.4 is 5.32 Å². The van der Waals surface area contributed by atoms with Crippen LogP contribution in [0.15, 0.2) is 28.2 Å². The molecule has 0 radical (unpaired) electrons. The SMILES string of the molecule is CC(C)Nc1nc(-c2ccco2)cs1. The van der Waals surface area contributed by atoms with E-state index in [1.165, 1.54) is 0 Å². The van der Waals surface area contributed by atoms with Gasteiger partial charge >= 0.3 is 0 Å². The maximum absolute atomic E-state index is 5.25. The van der Waals surface area contributed by atoms with Crippen molar-refractivity contribution in [3.05, 3.63) is 23.8 Å². The molecule has 0 amide bonds. The van der Waals surface area contributed by atoms with Gasteiger partial charge in [-0.2, -0.15) is 0 Å². The summed E-state index contributed by atoms with van der Waals surface area (Å²) < 4.78 is 5.25. The summed E-state index contributed by atoms with van der Waals surface area (Å²) in [6, 6.07) is 4.18. The van der Waals surface area contributed by atoms with Crippen LogP contribution >= 0.6 is 11.3 Å². The second kappa shape index (κ2) is 3.84. The summed E-state index contributed by atoms with van der Waals surface area (Å²) in [4.78, 5) is 4.41. The first-order valence-electron chi connectivity index (χ1n) is 4.51. The molecular formula is C10H12N2OS. The van der Waals surface area contributed by atoms with Gasteiger partial charge in [0.15, 0.2) is 10.9 Å². The highest BCUT2D eigenvalue weighted by atomic mass is 32.1. The fourth-order valence-corrected chi connectivity index (χ4v) is 1.97. The molecule has 2 heterocycles. The van der Waals surface area contributed by atoms with Crippen LogP contribution in [0.5, 0.6) is 0 Å². The molecule has 3 nitrogen and oxygen atoms in total. The van der Waals surface area contributed by atoms with E-state index in [9.17, 15) is 0 Å². The molecule has 4 heteroatoms. The molecule has 1 N–H and O–H groups in total. The Morgan fingerprint density at radius 3 is 3.00 bits per heavy atom. The van der Waals surface area contributed by atoms with Gasteiger partial charge in [0.25, 0.3) is 0 Å². The summed E-state index contributed by atoms with van der Waals surface area (Å²) in [5.41, 5.74) is 0.892. The third-order valence-corrected chi connectivity index (χ3v) is 2.46. The number of anilines is 1. The van der Waals surface area contributed by atoms with E-state index >= 15 is 0 Å². The van der Waals surface area contributed by atoms with E-state index in [4.69, 9.17) is 4.42 Å². The van der Waals surface area contributed by atoms with Crippen molar-refractivity contribution in [3.63, 3.8) is 0 Å². The molecule has 0 unspecified atom stereocenters. The number of hydrogen-bond acceptors (Lipinski definition) is 4. The monoisotopic (exact) mass is 208 g/mol. The molecule has 0 spiro atoms. The van der Waals surface area contributed by atoms with E-state index in [1.807, 2.05) is 17.5 Å². The van der Waals surface area contributed by atoms with Gasteiger partial charge in [-0.25, -0.2) is 4.98 Å². The van der Waals surface area contributed by atoms with Crippen molar-refractivity contribution in [2.24, 2.45) is 0 Å². The van der Waals surface area contributed by atoms with Crippen LogP contribution in [0.1, 0.15) is 13.8 Å². The first-order chi connectivity index (χ1) is 6.75. The minimum Gasteiger partial charge on any atom is -0.463 e. The predicted octanol–water partition coefficient (Wildman–Crippen LogP) is 3.22. The molecule has 0 aliphatic carbocycles. The molecule has 0 aliphatic rings. The molecule has 74 valence electrons. The van der Waals surface area contributed by atoms with Gasteiger partial charge in [0.1, 0.15) is 5.69 Å². The van der Waals surface area contributed by atoms with E-state index in [2.05, 4.69) is 24.1 Å². The number of nitrogens with zero attached hydrogens (tertiary/aromatic N) is 1. The fraction of sp³-hybridized carbons (Fsp3) is 0.300. The Bertz CT molecular complexity index is 392. The minimum atomic E-state index is 0.408. The van der Waals surface area contributed by atoms with Crippen molar-refractivity contribution in [1.82, 2.24) is 4.98 Å². The van der Waals surface area contributed by atoms with Gasteiger partial charge in [-0.1, -0.05) is 0 Å². The Balaban J connectivity index is 2.18. The topological polar surface area (TPSA) is 38.1 Å². The highest BCUT2D eigenvalue weighted by Crippen LogP contribution is 2.25. The fourth-order valence-electron chi connectivity index (χ4n) is 1.12. The summed E-state index contributed by atoms with van der Waals surface area (Å²) in [6.07, 6.45) is 1.66. The van der Waals surface area contributed by atoms with Crippen molar-refractivity contribution >= 4 is 16.5 Å². The van der Waals surface area contributed by atoms with Crippen molar-refractivity contribution in [1.29, 1.82) is 0 Å². The summed E-state index contributed by atoms with van der Waals surface area (Å²) in [5.74, 6) is 0.818. The Kier molecular flexibility index (Phi) is 2.54. The molecule has 0 fully saturated rings. The van der Waals surface area contributed by atoms with Gasteiger partial charge in [-0.3, -0.25) is 0 Å². The molecule has 0 atom stereocenters. The standard InChI is InChI=1S/C10H12N2OS/c1-7(2)11-10-12-8(6-14-10)9-4-3-5-13-9/h3-7H,1-2H3,(H,11,12). The van der Waals surface area contributed by atoms with Gasteiger partial charge in [0, 0.05) is 11.4 Å². The Labute approximate surface area is 86.8 Å². The van der Waals surface area contributed by atoms with Crippen molar-refractivity contribution in [3.8, 4) is 11.5 Å². The van der Waals surface area contributed by atoms with E-state index in [0.717, 1.165) is 16.6 Å². The van der Waals surface area contributed by atoms with Crippen molar-refractivity contribution in [2.75, 3.05) is 5.32 Å². The molecule has 0 saturated heterocycles. The number of rotatable bonds is 3. The Morgan fingerprint density at radius 1 is 1.50 bits per heavy atom. The first-order valence-corrected chi connectivity index (χ1v) is 5.39. The first kappa shape index (κ1) is 9.27. The Hall–Kier alpha value is -1.29. The lowest BCUT2D eigenvalue weighted by molar-refractivity contribution is 0.580. The third-order valence-electron chi connectivity index (χ3n) is 1.69. The summed E-state index contributed by atoms with van der Waals surface area (Å²) in [6.45, 7) is 4.18. The lowest BCUT2D eigenvalue weighted by Gasteiger charge is -2.03. The second-order valence-corrected chi connectivity index (χ2v) is 4.17. The normalized spacial score (nSPS) is 10.8. The smallest absolute Gasteiger partial charge is 0.183 e. The largest absolute Gasteiger partial charge is 0.463 e. The number of hydrogen-bond donors (Lipinski definition) is 1. The lowest BCUT2D eigenvalue weighted by Crippen LogP contribution is -2.08. The predicted molar refractivity (Wildman–Crippen MR) is 58.6 cm³/mol. The highest BCUT2D eigenvalue weighted by Gasteiger charge is 2.06. The van der Waals surface area contributed by atoms with E-state index in [1.54, 1.807) is 17.6 Å². The molecule has 2 aromatic rings.